The molecule has 1 heterocycles. The van der Waals surface area contributed by atoms with Crippen molar-refractivity contribution in [1.82, 2.24) is 4.98 Å². The predicted octanol–water partition coefficient (Wildman–Crippen LogP) is 1.50. The molecule has 0 unspecified atom stereocenters. The largest absolute Gasteiger partial charge is 0.476 e. The van der Waals surface area contributed by atoms with Gasteiger partial charge in [0, 0.05) is 19.5 Å². The molecule has 0 aromatic carbocycles. The number of ether oxygens (including phenoxy) is 1. The van der Waals surface area contributed by atoms with Gasteiger partial charge in [-0.15, -0.1) is 0 Å². The molecule has 0 atom stereocenters. The van der Waals surface area contributed by atoms with Crippen LogP contribution in [0, 0.1) is 0 Å². The van der Waals surface area contributed by atoms with Gasteiger partial charge in [-0.3, -0.25) is 0 Å². The standard InChI is InChI=1S/C8H11NO4S/c1-12-3-2-4-14-8-9-6(5-13-8)7(10)11/h5H,2-4H2,1H3,(H,10,11). The molecule has 6 heteroatoms. The summed E-state index contributed by atoms with van der Waals surface area (Å²) >= 11 is 1.38. The maximum atomic E-state index is 10.4. The summed E-state index contributed by atoms with van der Waals surface area (Å²) in [7, 11) is 1.64. The van der Waals surface area contributed by atoms with E-state index in [1.165, 1.54) is 11.8 Å². The lowest BCUT2D eigenvalue weighted by atomic mass is 10.5. The van der Waals surface area contributed by atoms with Crippen molar-refractivity contribution in [2.75, 3.05) is 19.5 Å². The van der Waals surface area contributed by atoms with Gasteiger partial charge in [0.25, 0.3) is 5.22 Å². The van der Waals surface area contributed by atoms with Gasteiger partial charge in [0.1, 0.15) is 6.26 Å². The number of aromatic nitrogens is 1. The second-order valence-electron chi connectivity index (χ2n) is 2.50. The first-order valence-electron chi connectivity index (χ1n) is 4.04. The van der Waals surface area contributed by atoms with E-state index in [1.54, 1.807) is 7.11 Å². The van der Waals surface area contributed by atoms with Crippen molar-refractivity contribution >= 4 is 17.7 Å². The van der Waals surface area contributed by atoms with Crippen molar-refractivity contribution < 1.29 is 19.1 Å². The van der Waals surface area contributed by atoms with Gasteiger partial charge in [-0.05, 0) is 6.42 Å². The molecule has 0 amide bonds. The number of methoxy groups -OCH3 is 1. The fourth-order valence-corrected chi connectivity index (χ4v) is 1.50. The van der Waals surface area contributed by atoms with Crippen molar-refractivity contribution in [2.45, 2.75) is 11.6 Å². The Morgan fingerprint density at radius 1 is 1.79 bits per heavy atom. The Morgan fingerprint density at radius 3 is 3.14 bits per heavy atom. The summed E-state index contributed by atoms with van der Waals surface area (Å²) in [5.41, 5.74) is -0.0563. The molecule has 0 bridgehead atoms. The Balaban J connectivity index is 2.33. The van der Waals surface area contributed by atoms with Crippen LogP contribution in [0.5, 0.6) is 0 Å². The van der Waals surface area contributed by atoms with Crippen molar-refractivity contribution in [3.63, 3.8) is 0 Å². The molecule has 1 rings (SSSR count). The van der Waals surface area contributed by atoms with E-state index in [2.05, 4.69) is 4.98 Å². The topological polar surface area (TPSA) is 72.6 Å². The first-order valence-corrected chi connectivity index (χ1v) is 5.03. The third kappa shape index (κ3) is 3.39. The molecule has 1 aromatic rings. The summed E-state index contributed by atoms with van der Waals surface area (Å²) in [5, 5.41) is 8.94. The van der Waals surface area contributed by atoms with Crippen LogP contribution in [0.2, 0.25) is 0 Å². The molecule has 0 fully saturated rings. The van der Waals surface area contributed by atoms with E-state index in [4.69, 9.17) is 14.3 Å². The third-order valence-electron chi connectivity index (χ3n) is 1.42. The Bertz CT molecular complexity index is 299. The molecule has 5 nitrogen and oxygen atoms in total. The molecule has 0 saturated carbocycles. The van der Waals surface area contributed by atoms with Crippen LogP contribution in [0.1, 0.15) is 16.9 Å². The average Bonchev–Trinajstić information content (AvgIpc) is 2.61. The number of aromatic carboxylic acids is 1. The number of carboxylic acids is 1. The molecule has 0 radical (unpaired) electrons. The van der Waals surface area contributed by atoms with Crippen LogP contribution in [0.25, 0.3) is 0 Å². The van der Waals surface area contributed by atoms with Crippen LogP contribution in [-0.2, 0) is 4.74 Å². The Hall–Kier alpha value is -1.01. The lowest BCUT2D eigenvalue weighted by molar-refractivity contribution is 0.0690. The van der Waals surface area contributed by atoms with Gasteiger partial charge >= 0.3 is 5.97 Å². The smallest absolute Gasteiger partial charge is 0.357 e. The second kappa shape index (κ2) is 5.66. The lowest BCUT2D eigenvalue weighted by Crippen LogP contribution is -1.95. The van der Waals surface area contributed by atoms with Gasteiger partial charge in [-0.25, -0.2) is 4.79 Å². The first kappa shape index (κ1) is 11.1. The molecule has 78 valence electrons. The molecule has 1 N–H and O–H groups in total. The highest BCUT2D eigenvalue weighted by Crippen LogP contribution is 2.17. The van der Waals surface area contributed by atoms with E-state index in [1.807, 2.05) is 0 Å². The number of thioether (sulfide) groups is 1. The van der Waals surface area contributed by atoms with Crippen molar-refractivity contribution in [1.29, 1.82) is 0 Å². The van der Waals surface area contributed by atoms with Crippen LogP contribution in [0.15, 0.2) is 15.9 Å². The zero-order valence-corrected chi connectivity index (χ0v) is 8.54. The monoisotopic (exact) mass is 217 g/mol. The summed E-state index contributed by atoms with van der Waals surface area (Å²) < 4.78 is 9.80. The normalized spacial score (nSPS) is 10.4. The number of nitrogens with zero attached hydrogens (tertiary/aromatic N) is 1. The number of hydrogen-bond donors (Lipinski definition) is 1. The SMILES string of the molecule is COCCCSc1nc(C(=O)O)co1. The molecule has 0 aliphatic carbocycles. The fraction of sp³-hybridized carbons (Fsp3) is 0.500. The van der Waals surface area contributed by atoms with Gasteiger partial charge in [0.2, 0.25) is 0 Å². The van der Waals surface area contributed by atoms with Gasteiger partial charge in [-0.1, -0.05) is 11.8 Å². The first-order chi connectivity index (χ1) is 6.74. The molecule has 14 heavy (non-hydrogen) atoms. The summed E-state index contributed by atoms with van der Waals surface area (Å²) in [5.74, 6) is -0.273. The highest BCUT2D eigenvalue weighted by atomic mass is 32.2. The maximum absolute atomic E-state index is 10.4. The molecule has 0 aliphatic heterocycles. The Labute approximate surface area is 85.5 Å². The number of carboxylic acid groups (broad SMARTS) is 1. The zero-order valence-electron chi connectivity index (χ0n) is 7.73. The van der Waals surface area contributed by atoms with Crippen LogP contribution in [-0.4, -0.2) is 35.5 Å². The number of rotatable bonds is 6. The molecule has 0 saturated heterocycles. The van der Waals surface area contributed by atoms with Gasteiger partial charge in [0.05, 0.1) is 0 Å². The summed E-state index contributed by atoms with van der Waals surface area (Å²) in [6, 6.07) is 0. The maximum Gasteiger partial charge on any atom is 0.357 e. The lowest BCUT2D eigenvalue weighted by Gasteiger charge is -1.95. The van der Waals surface area contributed by atoms with Gasteiger partial charge < -0.3 is 14.3 Å². The van der Waals surface area contributed by atoms with Crippen LogP contribution in [0.3, 0.4) is 0 Å². The van der Waals surface area contributed by atoms with Crippen LogP contribution < -0.4 is 0 Å². The molecule has 1 aromatic heterocycles. The summed E-state index contributed by atoms with van der Waals surface area (Å²) in [6.45, 7) is 0.680. The van der Waals surface area contributed by atoms with E-state index in [0.29, 0.717) is 11.8 Å². The van der Waals surface area contributed by atoms with Crippen LogP contribution in [0.4, 0.5) is 0 Å². The van der Waals surface area contributed by atoms with Crippen molar-refractivity contribution in [3.8, 4) is 0 Å². The van der Waals surface area contributed by atoms with E-state index >= 15 is 0 Å². The Morgan fingerprint density at radius 2 is 2.57 bits per heavy atom. The summed E-state index contributed by atoms with van der Waals surface area (Å²) in [6.07, 6.45) is 2.02. The summed E-state index contributed by atoms with van der Waals surface area (Å²) in [4.78, 5) is 14.2. The number of carbonyl (C=O) groups is 1. The van der Waals surface area contributed by atoms with E-state index in [9.17, 15) is 4.79 Å². The Kier molecular flexibility index (Phi) is 4.48. The average molecular weight is 217 g/mol. The van der Waals surface area contributed by atoms with Gasteiger partial charge in [-0.2, -0.15) is 4.98 Å². The minimum absolute atomic E-state index is 0.0563. The molecular formula is C8H11NO4S. The second-order valence-corrected chi connectivity index (χ2v) is 3.54. The third-order valence-corrected chi connectivity index (χ3v) is 2.35. The van der Waals surface area contributed by atoms with Crippen LogP contribution >= 0.6 is 11.8 Å². The van der Waals surface area contributed by atoms with Gasteiger partial charge in [0.15, 0.2) is 5.69 Å². The minimum atomic E-state index is -1.07. The molecular weight excluding hydrogens is 206 g/mol. The highest BCUT2D eigenvalue weighted by Gasteiger charge is 2.09. The minimum Gasteiger partial charge on any atom is -0.476 e. The van der Waals surface area contributed by atoms with E-state index in [0.717, 1.165) is 18.4 Å². The fourth-order valence-electron chi connectivity index (χ4n) is 0.785. The van der Waals surface area contributed by atoms with E-state index < -0.39 is 5.97 Å². The highest BCUT2D eigenvalue weighted by molar-refractivity contribution is 7.99. The predicted molar refractivity (Wildman–Crippen MR) is 50.7 cm³/mol. The van der Waals surface area contributed by atoms with E-state index in [-0.39, 0.29) is 5.69 Å². The molecule has 0 spiro atoms. The number of oxazole rings is 1. The van der Waals surface area contributed by atoms with Crippen molar-refractivity contribution in [2.24, 2.45) is 0 Å². The zero-order chi connectivity index (χ0) is 10.4. The van der Waals surface area contributed by atoms with Crippen molar-refractivity contribution in [3.05, 3.63) is 12.0 Å². The quantitative estimate of drug-likeness (QED) is 0.575. The molecule has 0 aliphatic rings. The number of hydrogen-bond acceptors (Lipinski definition) is 5.